The summed E-state index contributed by atoms with van der Waals surface area (Å²) >= 11 is 0. The molecule has 1 unspecified atom stereocenters. The van der Waals surface area contributed by atoms with Crippen LogP contribution in [0.25, 0.3) is 0 Å². The van der Waals surface area contributed by atoms with Gasteiger partial charge in [-0.15, -0.1) is 0 Å². The molecule has 0 spiro atoms. The number of rotatable bonds is 8. The molecule has 8 nitrogen and oxygen atoms in total. The first-order valence-corrected chi connectivity index (χ1v) is 6.56. The van der Waals surface area contributed by atoms with Gasteiger partial charge in [0.25, 0.3) is 0 Å². The third-order valence-electron chi connectivity index (χ3n) is 2.83. The molecule has 114 valence electrons. The van der Waals surface area contributed by atoms with E-state index in [9.17, 15) is 14.4 Å². The minimum Gasteiger partial charge on any atom is -0.479 e. The lowest BCUT2D eigenvalue weighted by atomic mass is 10.2. The van der Waals surface area contributed by atoms with E-state index < -0.39 is 24.1 Å². The number of carbonyl (C=O) groups is 3. The molecule has 1 saturated carbocycles. The highest BCUT2D eigenvalue weighted by Gasteiger charge is 2.34. The Hall–Kier alpha value is -1.83. The summed E-state index contributed by atoms with van der Waals surface area (Å²) in [7, 11) is 0. The minimum atomic E-state index is -1.50. The summed E-state index contributed by atoms with van der Waals surface area (Å²) in [5, 5.41) is 20.1. The molecule has 0 saturated heterocycles. The molecular weight excluding hydrogens is 268 g/mol. The van der Waals surface area contributed by atoms with Crippen molar-refractivity contribution in [1.29, 1.82) is 0 Å². The van der Waals surface area contributed by atoms with Gasteiger partial charge < -0.3 is 25.2 Å². The summed E-state index contributed by atoms with van der Waals surface area (Å²) in [5.74, 6) is -1.80. The Labute approximate surface area is 116 Å². The number of nitrogens with zero attached hydrogens (tertiary/aromatic N) is 1. The van der Waals surface area contributed by atoms with Crippen LogP contribution < -0.4 is 5.32 Å². The first kappa shape index (κ1) is 16.2. The number of ether oxygens (including phenoxy) is 1. The van der Waals surface area contributed by atoms with E-state index in [1.165, 1.54) is 4.90 Å². The van der Waals surface area contributed by atoms with Crippen LogP contribution in [0.3, 0.4) is 0 Å². The predicted molar refractivity (Wildman–Crippen MR) is 68.0 cm³/mol. The number of carbonyl (C=O) groups excluding carboxylic acids is 2. The van der Waals surface area contributed by atoms with Crippen molar-refractivity contribution in [3.8, 4) is 0 Å². The summed E-state index contributed by atoms with van der Waals surface area (Å²) in [6, 6.07) is -0.415. The van der Waals surface area contributed by atoms with Gasteiger partial charge in [-0.2, -0.15) is 0 Å². The Morgan fingerprint density at radius 2 is 2.05 bits per heavy atom. The minimum absolute atomic E-state index is 0.0261. The zero-order chi connectivity index (χ0) is 15.1. The Morgan fingerprint density at radius 1 is 1.40 bits per heavy atom. The number of aliphatic carboxylic acids is 1. The van der Waals surface area contributed by atoms with E-state index in [-0.39, 0.29) is 32.2 Å². The molecule has 0 aromatic rings. The third kappa shape index (κ3) is 5.43. The van der Waals surface area contributed by atoms with Crippen molar-refractivity contribution in [2.24, 2.45) is 0 Å². The van der Waals surface area contributed by atoms with Gasteiger partial charge in [-0.3, -0.25) is 4.79 Å². The highest BCUT2D eigenvalue weighted by Crippen LogP contribution is 2.26. The average Bonchev–Trinajstić information content (AvgIpc) is 3.20. The highest BCUT2D eigenvalue weighted by molar-refractivity contribution is 5.81. The molecule has 0 aromatic carbocycles. The third-order valence-corrected chi connectivity index (χ3v) is 2.83. The number of hydrogen-bond acceptors (Lipinski definition) is 5. The molecule has 0 heterocycles. The molecule has 1 fully saturated rings. The van der Waals surface area contributed by atoms with Crippen molar-refractivity contribution in [3.63, 3.8) is 0 Å². The van der Waals surface area contributed by atoms with Crippen molar-refractivity contribution in [2.75, 3.05) is 19.7 Å². The fraction of sp³-hybridized carbons (Fsp3) is 0.750. The smallest absolute Gasteiger partial charge is 0.332 e. The van der Waals surface area contributed by atoms with Crippen LogP contribution in [0, 0.1) is 0 Å². The Kier molecular flexibility index (Phi) is 6.23. The normalized spacial score (nSPS) is 15.3. The number of esters is 1. The van der Waals surface area contributed by atoms with Gasteiger partial charge in [-0.1, -0.05) is 0 Å². The Balaban J connectivity index is 2.37. The molecule has 1 rings (SSSR count). The summed E-state index contributed by atoms with van der Waals surface area (Å²) in [4.78, 5) is 35.1. The van der Waals surface area contributed by atoms with Gasteiger partial charge in [0.05, 0.1) is 6.61 Å². The highest BCUT2D eigenvalue weighted by atomic mass is 16.5. The summed E-state index contributed by atoms with van der Waals surface area (Å²) in [6.45, 7) is 1.85. The van der Waals surface area contributed by atoms with Crippen LogP contribution in [-0.2, 0) is 14.3 Å². The van der Waals surface area contributed by atoms with Crippen molar-refractivity contribution in [1.82, 2.24) is 10.2 Å². The standard InChI is InChI=1S/C12H20N2O6/c1-2-20-10(16)7-14(8-3-4-8)12(19)13-6-5-9(15)11(17)18/h8-9,15H,2-7H2,1H3,(H,13,19)(H,17,18). The van der Waals surface area contributed by atoms with E-state index >= 15 is 0 Å². The fourth-order valence-electron chi connectivity index (χ4n) is 1.64. The number of urea groups is 1. The van der Waals surface area contributed by atoms with Crippen molar-refractivity contribution in [3.05, 3.63) is 0 Å². The van der Waals surface area contributed by atoms with E-state index in [1.54, 1.807) is 6.92 Å². The first-order valence-electron chi connectivity index (χ1n) is 6.56. The van der Waals surface area contributed by atoms with E-state index in [0.29, 0.717) is 0 Å². The lowest BCUT2D eigenvalue weighted by Crippen LogP contribution is -2.45. The van der Waals surface area contributed by atoms with E-state index in [0.717, 1.165) is 12.8 Å². The second kappa shape index (κ2) is 7.68. The molecule has 20 heavy (non-hydrogen) atoms. The molecular formula is C12H20N2O6. The fourth-order valence-corrected chi connectivity index (χ4v) is 1.64. The number of aliphatic hydroxyl groups is 1. The number of aliphatic hydroxyl groups excluding tert-OH is 1. The average molecular weight is 288 g/mol. The number of hydrogen-bond donors (Lipinski definition) is 3. The number of amides is 2. The lowest BCUT2D eigenvalue weighted by molar-refractivity contribution is -0.146. The molecule has 1 aliphatic carbocycles. The van der Waals surface area contributed by atoms with Crippen LogP contribution in [0.5, 0.6) is 0 Å². The number of carboxylic acid groups (broad SMARTS) is 1. The van der Waals surface area contributed by atoms with Gasteiger partial charge in [0, 0.05) is 19.0 Å². The van der Waals surface area contributed by atoms with E-state index in [2.05, 4.69) is 5.32 Å². The predicted octanol–water partition coefficient (Wildman–Crippen LogP) is -0.441. The van der Waals surface area contributed by atoms with Crippen LogP contribution >= 0.6 is 0 Å². The topological polar surface area (TPSA) is 116 Å². The van der Waals surface area contributed by atoms with Gasteiger partial charge in [0.2, 0.25) is 0 Å². The van der Waals surface area contributed by atoms with Crippen molar-refractivity contribution < 1.29 is 29.3 Å². The molecule has 1 atom stereocenters. The van der Waals surface area contributed by atoms with Crippen LogP contribution in [-0.4, -0.2) is 64.9 Å². The molecule has 0 bridgehead atoms. The summed E-state index contributed by atoms with van der Waals surface area (Å²) in [5.41, 5.74) is 0. The van der Waals surface area contributed by atoms with E-state index in [4.69, 9.17) is 14.9 Å². The van der Waals surface area contributed by atoms with Gasteiger partial charge in [0.1, 0.15) is 6.54 Å². The molecule has 3 N–H and O–H groups in total. The van der Waals surface area contributed by atoms with Gasteiger partial charge >= 0.3 is 18.0 Å². The van der Waals surface area contributed by atoms with Crippen molar-refractivity contribution in [2.45, 2.75) is 38.3 Å². The Morgan fingerprint density at radius 3 is 2.55 bits per heavy atom. The van der Waals surface area contributed by atoms with Crippen LogP contribution in [0.1, 0.15) is 26.2 Å². The quantitative estimate of drug-likeness (QED) is 0.521. The largest absolute Gasteiger partial charge is 0.479 e. The van der Waals surface area contributed by atoms with Crippen LogP contribution in [0.2, 0.25) is 0 Å². The maximum atomic E-state index is 11.9. The van der Waals surface area contributed by atoms with Crippen molar-refractivity contribution >= 4 is 18.0 Å². The summed E-state index contributed by atoms with van der Waals surface area (Å²) < 4.78 is 4.80. The number of carboxylic acids is 1. The van der Waals surface area contributed by atoms with Gasteiger partial charge in [0.15, 0.2) is 6.10 Å². The zero-order valence-electron chi connectivity index (χ0n) is 11.4. The molecule has 0 aliphatic heterocycles. The maximum Gasteiger partial charge on any atom is 0.332 e. The monoisotopic (exact) mass is 288 g/mol. The number of nitrogens with one attached hydrogen (secondary N) is 1. The zero-order valence-corrected chi connectivity index (χ0v) is 11.4. The molecule has 0 aromatic heterocycles. The molecule has 2 amide bonds. The van der Waals surface area contributed by atoms with E-state index in [1.807, 2.05) is 0 Å². The van der Waals surface area contributed by atoms with Crippen LogP contribution in [0.15, 0.2) is 0 Å². The van der Waals surface area contributed by atoms with Gasteiger partial charge in [-0.25, -0.2) is 9.59 Å². The first-order chi connectivity index (χ1) is 9.45. The molecule has 8 heteroatoms. The van der Waals surface area contributed by atoms with Crippen LogP contribution in [0.4, 0.5) is 4.79 Å². The molecule has 1 aliphatic rings. The molecule has 0 radical (unpaired) electrons. The summed E-state index contributed by atoms with van der Waals surface area (Å²) in [6.07, 6.45) is 0.0865. The SMILES string of the molecule is CCOC(=O)CN(C(=O)NCCC(O)C(=O)O)C1CC1. The maximum absolute atomic E-state index is 11.9. The Bertz CT molecular complexity index is 369. The van der Waals surface area contributed by atoms with Gasteiger partial charge in [-0.05, 0) is 19.8 Å². The second-order valence-electron chi connectivity index (χ2n) is 4.54. The lowest BCUT2D eigenvalue weighted by Gasteiger charge is -2.21. The second-order valence-corrected chi connectivity index (χ2v) is 4.54.